The summed E-state index contributed by atoms with van der Waals surface area (Å²) < 4.78 is 4.66. The smallest absolute Gasteiger partial charge is 0.404 e. The van der Waals surface area contributed by atoms with Gasteiger partial charge in [0.15, 0.2) is 10.8 Å². The number of oxime groups is 1. The van der Waals surface area contributed by atoms with Gasteiger partial charge in [-0.2, -0.15) is 0 Å². The van der Waals surface area contributed by atoms with Gasteiger partial charge < -0.3 is 36.6 Å². The molecule has 0 aliphatic carbocycles. The van der Waals surface area contributed by atoms with Crippen molar-refractivity contribution < 1.29 is 43.8 Å². The van der Waals surface area contributed by atoms with Gasteiger partial charge in [0.05, 0.1) is 0 Å². The zero-order valence-electron chi connectivity index (χ0n) is 18.2. The van der Waals surface area contributed by atoms with Gasteiger partial charge in [-0.15, -0.1) is 23.1 Å². The summed E-state index contributed by atoms with van der Waals surface area (Å²) in [5.74, 6) is -4.31. The molecule has 2 aliphatic rings. The number of nitrogen functional groups attached to an aromatic ring is 1. The Balaban J connectivity index is 1.82. The Morgan fingerprint density at radius 1 is 1.34 bits per heavy atom. The highest BCUT2D eigenvalue weighted by Crippen LogP contribution is 2.40. The number of aliphatic carboxylic acids is 2. The third kappa shape index (κ3) is 5.29. The van der Waals surface area contributed by atoms with Crippen LogP contribution in [-0.4, -0.2) is 85.0 Å². The average molecular weight is 529 g/mol. The van der Waals surface area contributed by atoms with Crippen LogP contribution in [0.3, 0.4) is 0 Å². The van der Waals surface area contributed by atoms with E-state index in [1.807, 2.05) is 0 Å². The number of thiazole rings is 1. The van der Waals surface area contributed by atoms with E-state index in [2.05, 4.69) is 20.2 Å². The van der Waals surface area contributed by atoms with Crippen LogP contribution in [-0.2, 0) is 28.8 Å². The molecule has 3 heterocycles. The number of primary amides is 1. The Morgan fingerprint density at radius 2 is 2.03 bits per heavy atom. The first kappa shape index (κ1) is 25.8. The Bertz CT molecular complexity index is 1160. The number of thioether (sulfide) groups is 1. The van der Waals surface area contributed by atoms with Gasteiger partial charge in [0.1, 0.15) is 29.4 Å². The van der Waals surface area contributed by atoms with Crippen LogP contribution < -0.4 is 16.8 Å². The number of nitrogens with two attached hydrogens (primary N) is 2. The number of aromatic nitrogens is 1. The molecule has 0 radical (unpaired) electrons. The molecule has 17 heteroatoms. The summed E-state index contributed by atoms with van der Waals surface area (Å²) in [7, 11) is 0. The number of carbonyl (C=O) groups is 5. The lowest BCUT2D eigenvalue weighted by atomic mass is 10.0. The first-order valence-corrected chi connectivity index (χ1v) is 11.6. The van der Waals surface area contributed by atoms with Crippen molar-refractivity contribution in [3.63, 3.8) is 0 Å². The van der Waals surface area contributed by atoms with Gasteiger partial charge in [-0.05, 0) is 13.8 Å². The molecule has 1 fully saturated rings. The minimum Gasteiger partial charge on any atom is -0.478 e. The van der Waals surface area contributed by atoms with Crippen molar-refractivity contribution in [2.24, 2.45) is 10.9 Å². The van der Waals surface area contributed by atoms with Crippen LogP contribution >= 0.6 is 23.1 Å². The van der Waals surface area contributed by atoms with Crippen LogP contribution in [0, 0.1) is 0 Å². The zero-order chi connectivity index (χ0) is 26.1. The molecule has 35 heavy (non-hydrogen) atoms. The van der Waals surface area contributed by atoms with Crippen LogP contribution in [0.4, 0.5) is 9.93 Å². The Morgan fingerprint density at radius 3 is 2.57 bits per heavy atom. The summed E-state index contributed by atoms with van der Waals surface area (Å²) >= 11 is 2.13. The minimum absolute atomic E-state index is 0.0110. The Hall–Kier alpha value is -3.86. The van der Waals surface area contributed by atoms with Crippen LogP contribution in [0.25, 0.3) is 0 Å². The molecular formula is C18H20N6O9S2. The number of β-lactam (4-membered cyclic amide) rings is 1. The molecule has 0 unspecified atom stereocenters. The molecule has 0 aromatic carbocycles. The predicted octanol–water partition coefficient (Wildman–Crippen LogP) is -0.857. The molecule has 3 rings (SSSR count). The number of nitrogens with zero attached hydrogens (tertiary/aromatic N) is 3. The standard InChI is InChI=1S/C18H20N6O9S2/c1-18(2,15(29)30)33-23-8(7-5-35-16(19)21-7)11(25)22-9-12(26)24-10(14(27)28)6(3-32-17(20)31)4-34-13(9)24/h5,9,13H,3-4H2,1-2H3,(H2,19,21)(H2,20,31)(H,22,25)(H,27,28)(H,29,30)/b23-8-/t9-,13-/m1/s1. The van der Waals surface area contributed by atoms with Crippen molar-refractivity contribution in [2.75, 3.05) is 18.1 Å². The summed E-state index contributed by atoms with van der Waals surface area (Å²) in [6.07, 6.45) is -1.10. The number of anilines is 1. The maximum absolute atomic E-state index is 13.0. The van der Waals surface area contributed by atoms with E-state index in [4.69, 9.17) is 16.3 Å². The molecule has 1 aromatic rings. The number of hydrogen-bond acceptors (Lipinski definition) is 12. The summed E-state index contributed by atoms with van der Waals surface area (Å²) in [5.41, 5.74) is 8.13. The molecule has 2 atom stereocenters. The zero-order valence-corrected chi connectivity index (χ0v) is 19.8. The van der Waals surface area contributed by atoms with Gasteiger partial charge in [0.25, 0.3) is 11.8 Å². The predicted molar refractivity (Wildman–Crippen MR) is 121 cm³/mol. The third-order valence-electron chi connectivity index (χ3n) is 4.78. The molecular weight excluding hydrogens is 508 g/mol. The molecule has 0 spiro atoms. The molecule has 0 bridgehead atoms. The normalized spacial score (nSPS) is 20.0. The highest BCUT2D eigenvalue weighted by atomic mass is 32.2. The van der Waals surface area contributed by atoms with E-state index in [0.717, 1.165) is 28.0 Å². The lowest BCUT2D eigenvalue weighted by molar-refractivity contribution is -0.161. The quantitative estimate of drug-likeness (QED) is 0.150. The Labute approximate surface area is 205 Å². The molecule has 15 nitrogen and oxygen atoms in total. The van der Waals surface area contributed by atoms with Crippen LogP contribution in [0.1, 0.15) is 19.5 Å². The van der Waals surface area contributed by atoms with Crippen molar-refractivity contribution in [3.8, 4) is 0 Å². The molecule has 188 valence electrons. The van der Waals surface area contributed by atoms with Crippen LogP contribution in [0.5, 0.6) is 0 Å². The topological polar surface area (TPSA) is 237 Å². The fraction of sp³-hybridized carbons (Fsp3) is 0.389. The number of carbonyl (C=O) groups excluding carboxylic acids is 3. The lowest BCUT2D eigenvalue weighted by Crippen LogP contribution is -2.71. The number of rotatable bonds is 9. The van der Waals surface area contributed by atoms with Crippen molar-refractivity contribution in [1.29, 1.82) is 0 Å². The van der Waals surface area contributed by atoms with E-state index in [1.54, 1.807) is 0 Å². The maximum Gasteiger partial charge on any atom is 0.404 e. The number of fused-ring (bicyclic) bond motifs is 1. The van der Waals surface area contributed by atoms with E-state index in [1.165, 1.54) is 19.2 Å². The number of carboxylic acid groups (broad SMARTS) is 2. The molecule has 7 N–H and O–H groups in total. The second-order valence-corrected chi connectivity index (χ2v) is 9.64. The second-order valence-electron chi connectivity index (χ2n) is 7.64. The van der Waals surface area contributed by atoms with Gasteiger partial charge in [-0.3, -0.25) is 14.5 Å². The fourth-order valence-electron chi connectivity index (χ4n) is 2.96. The number of nitrogens with one attached hydrogen (secondary N) is 1. The molecule has 1 saturated heterocycles. The highest BCUT2D eigenvalue weighted by Gasteiger charge is 2.54. The molecule has 1 aromatic heterocycles. The molecule has 0 saturated carbocycles. The SMILES string of the molecule is CC(C)(O/N=C(\C(=O)N[C@@H]1C(=O)N2C(C(=O)O)=C(COC(N)=O)CS[C@H]12)c1csc(N)n1)C(=O)O. The van der Waals surface area contributed by atoms with Crippen LogP contribution in [0.2, 0.25) is 0 Å². The second kappa shape index (κ2) is 9.79. The lowest BCUT2D eigenvalue weighted by Gasteiger charge is -2.49. The van der Waals surface area contributed by atoms with Crippen LogP contribution in [0.15, 0.2) is 21.8 Å². The molecule has 3 amide bonds. The van der Waals surface area contributed by atoms with Gasteiger partial charge in [0.2, 0.25) is 5.60 Å². The number of carboxylic acids is 2. The number of ether oxygens (including phenoxy) is 1. The van der Waals surface area contributed by atoms with Gasteiger partial charge in [0, 0.05) is 16.7 Å². The van der Waals surface area contributed by atoms with E-state index in [-0.39, 0.29) is 27.8 Å². The van der Waals surface area contributed by atoms with Crippen molar-refractivity contribution in [1.82, 2.24) is 15.2 Å². The van der Waals surface area contributed by atoms with Gasteiger partial charge in [-0.25, -0.2) is 19.4 Å². The first-order chi connectivity index (χ1) is 16.3. The maximum atomic E-state index is 13.0. The minimum atomic E-state index is -1.78. The van der Waals surface area contributed by atoms with E-state index in [0.29, 0.717) is 0 Å². The molecule has 2 aliphatic heterocycles. The summed E-state index contributed by atoms with van der Waals surface area (Å²) in [5, 5.41) is 25.6. The van der Waals surface area contributed by atoms with Crippen molar-refractivity contribution in [2.45, 2.75) is 30.9 Å². The van der Waals surface area contributed by atoms with E-state index < -0.39 is 59.2 Å². The monoisotopic (exact) mass is 528 g/mol. The van der Waals surface area contributed by atoms with Crippen molar-refractivity contribution >= 4 is 63.8 Å². The Kier molecular flexibility index (Phi) is 7.20. The van der Waals surface area contributed by atoms with Crippen molar-refractivity contribution in [3.05, 3.63) is 22.3 Å². The number of hydrogen-bond donors (Lipinski definition) is 5. The first-order valence-electron chi connectivity index (χ1n) is 9.67. The fourth-order valence-corrected chi connectivity index (χ4v) is 4.84. The van der Waals surface area contributed by atoms with Gasteiger partial charge >= 0.3 is 18.0 Å². The number of amides is 3. The largest absolute Gasteiger partial charge is 0.478 e. The highest BCUT2D eigenvalue weighted by molar-refractivity contribution is 8.00. The van der Waals surface area contributed by atoms with Gasteiger partial charge in [-0.1, -0.05) is 5.16 Å². The van der Waals surface area contributed by atoms with E-state index in [9.17, 15) is 34.2 Å². The summed E-state index contributed by atoms with van der Waals surface area (Å²) in [4.78, 5) is 69.7. The third-order valence-corrected chi connectivity index (χ3v) is 6.80. The summed E-state index contributed by atoms with van der Waals surface area (Å²) in [6, 6.07) is -1.13. The summed E-state index contributed by atoms with van der Waals surface area (Å²) in [6.45, 7) is 2.03. The van der Waals surface area contributed by atoms with E-state index >= 15 is 0 Å². The average Bonchev–Trinajstić information content (AvgIpc) is 3.20.